The third-order valence-corrected chi connectivity index (χ3v) is 3.76. The van der Waals surface area contributed by atoms with Crippen LogP contribution in [0.15, 0.2) is 11.4 Å². The Morgan fingerprint density at radius 3 is 2.74 bits per heavy atom. The third-order valence-electron chi connectivity index (χ3n) is 2.91. The molecular formula is C11H12ClN5OS. The SMILES string of the molecule is CSc1ncnc2c(N3CCOCC3)nc(Cl)nc12. The summed E-state index contributed by atoms with van der Waals surface area (Å²) >= 11 is 7.55. The van der Waals surface area contributed by atoms with Crippen molar-refractivity contribution in [2.45, 2.75) is 5.03 Å². The standard InChI is InChI=1S/C11H12ClN5OS/c1-19-10-8-7(13-6-14-10)9(16-11(12)15-8)17-2-4-18-5-3-17/h6H,2-5H2,1H3. The highest BCUT2D eigenvalue weighted by atomic mass is 35.5. The van der Waals surface area contributed by atoms with E-state index >= 15 is 0 Å². The van der Waals surface area contributed by atoms with Crippen LogP contribution in [-0.4, -0.2) is 52.5 Å². The molecule has 1 aliphatic heterocycles. The van der Waals surface area contributed by atoms with Crippen molar-refractivity contribution >= 4 is 40.2 Å². The van der Waals surface area contributed by atoms with Crippen LogP contribution >= 0.6 is 23.4 Å². The number of aromatic nitrogens is 4. The zero-order chi connectivity index (χ0) is 13.2. The summed E-state index contributed by atoms with van der Waals surface area (Å²) in [6.07, 6.45) is 3.49. The van der Waals surface area contributed by atoms with Gasteiger partial charge in [-0.05, 0) is 17.9 Å². The van der Waals surface area contributed by atoms with Gasteiger partial charge >= 0.3 is 0 Å². The maximum Gasteiger partial charge on any atom is 0.225 e. The molecule has 19 heavy (non-hydrogen) atoms. The van der Waals surface area contributed by atoms with Crippen LogP contribution in [0.3, 0.4) is 0 Å². The van der Waals surface area contributed by atoms with E-state index in [4.69, 9.17) is 16.3 Å². The van der Waals surface area contributed by atoms with Crippen molar-refractivity contribution in [1.82, 2.24) is 19.9 Å². The smallest absolute Gasteiger partial charge is 0.225 e. The molecule has 3 heterocycles. The fourth-order valence-corrected chi connectivity index (χ4v) is 2.68. The van der Waals surface area contributed by atoms with Crippen molar-refractivity contribution in [3.8, 4) is 0 Å². The van der Waals surface area contributed by atoms with Crippen molar-refractivity contribution in [1.29, 1.82) is 0 Å². The summed E-state index contributed by atoms with van der Waals surface area (Å²) in [6, 6.07) is 0. The lowest BCUT2D eigenvalue weighted by atomic mass is 10.3. The molecule has 1 fully saturated rings. The summed E-state index contributed by atoms with van der Waals surface area (Å²) in [7, 11) is 0. The lowest BCUT2D eigenvalue weighted by Crippen LogP contribution is -2.37. The van der Waals surface area contributed by atoms with E-state index < -0.39 is 0 Å². The van der Waals surface area contributed by atoms with Gasteiger partial charge in [-0.25, -0.2) is 15.0 Å². The second-order valence-electron chi connectivity index (χ2n) is 4.00. The third kappa shape index (κ3) is 2.45. The minimum Gasteiger partial charge on any atom is -0.378 e. The first-order valence-corrected chi connectivity index (χ1v) is 7.45. The summed E-state index contributed by atoms with van der Waals surface area (Å²) in [5.74, 6) is 0.760. The van der Waals surface area contributed by atoms with Crippen LogP contribution in [0.2, 0.25) is 5.28 Å². The van der Waals surface area contributed by atoms with Crippen molar-refractivity contribution in [2.24, 2.45) is 0 Å². The highest BCUT2D eigenvalue weighted by Crippen LogP contribution is 2.28. The topological polar surface area (TPSA) is 64.0 Å². The van der Waals surface area contributed by atoms with Gasteiger partial charge in [-0.1, -0.05) is 0 Å². The van der Waals surface area contributed by atoms with E-state index in [1.165, 1.54) is 18.1 Å². The maximum atomic E-state index is 6.03. The molecule has 0 saturated carbocycles. The fraction of sp³-hybridized carbons (Fsp3) is 0.455. The Morgan fingerprint density at radius 1 is 1.21 bits per heavy atom. The van der Waals surface area contributed by atoms with E-state index in [-0.39, 0.29) is 5.28 Å². The van der Waals surface area contributed by atoms with Gasteiger partial charge < -0.3 is 9.64 Å². The van der Waals surface area contributed by atoms with Gasteiger partial charge in [0.1, 0.15) is 22.4 Å². The van der Waals surface area contributed by atoms with Gasteiger partial charge in [0.25, 0.3) is 0 Å². The molecule has 0 N–H and O–H groups in total. The van der Waals surface area contributed by atoms with Gasteiger partial charge in [-0.2, -0.15) is 4.98 Å². The van der Waals surface area contributed by atoms with E-state index in [1.807, 2.05) is 6.26 Å². The number of thioether (sulfide) groups is 1. The summed E-state index contributed by atoms with van der Waals surface area (Å²) in [4.78, 5) is 19.2. The largest absolute Gasteiger partial charge is 0.378 e. The van der Waals surface area contributed by atoms with Gasteiger partial charge in [0.2, 0.25) is 5.28 Å². The van der Waals surface area contributed by atoms with Crippen LogP contribution in [0.5, 0.6) is 0 Å². The van der Waals surface area contributed by atoms with Gasteiger partial charge in [0, 0.05) is 13.1 Å². The second-order valence-corrected chi connectivity index (χ2v) is 5.13. The maximum absolute atomic E-state index is 6.03. The Morgan fingerprint density at radius 2 is 2.00 bits per heavy atom. The van der Waals surface area contributed by atoms with E-state index in [1.54, 1.807) is 0 Å². The molecule has 0 amide bonds. The monoisotopic (exact) mass is 297 g/mol. The van der Waals surface area contributed by atoms with E-state index in [0.29, 0.717) is 18.7 Å². The molecule has 1 saturated heterocycles. The van der Waals surface area contributed by atoms with Gasteiger partial charge in [-0.15, -0.1) is 11.8 Å². The molecular weight excluding hydrogens is 286 g/mol. The number of nitrogens with zero attached hydrogens (tertiary/aromatic N) is 5. The molecule has 100 valence electrons. The average molecular weight is 298 g/mol. The highest BCUT2D eigenvalue weighted by Gasteiger charge is 2.19. The second kappa shape index (κ2) is 5.44. The first-order valence-electron chi connectivity index (χ1n) is 5.84. The average Bonchev–Trinajstić information content (AvgIpc) is 2.46. The molecule has 0 atom stereocenters. The summed E-state index contributed by atoms with van der Waals surface area (Å²) in [6.45, 7) is 2.93. The molecule has 0 spiro atoms. The Labute approximate surface area is 119 Å². The van der Waals surface area contributed by atoms with Crippen molar-refractivity contribution in [3.05, 3.63) is 11.6 Å². The predicted octanol–water partition coefficient (Wildman–Crippen LogP) is 1.63. The van der Waals surface area contributed by atoms with Crippen LogP contribution in [0.1, 0.15) is 0 Å². The van der Waals surface area contributed by atoms with Crippen LogP contribution in [0.4, 0.5) is 5.82 Å². The number of fused-ring (bicyclic) bond motifs is 1. The van der Waals surface area contributed by atoms with Crippen molar-refractivity contribution < 1.29 is 4.74 Å². The lowest BCUT2D eigenvalue weighted by Gasteiger charge is -2.28. The Balaban J connectivity index is 2.17. The number of anilines is 1. The minimum atomic E-state index is 0.221. The summed E-state index contributed by atoms with van der Waals surface area (Å²) in [5.41, 5.74) is 1.45. The van der Waals surface area contributed by atoms with E-state index in [2.05, 4.69) is 24.8 Å². The molecule has 0 aliphatic carbocycles. The summed E-state index contributed by atoms with van der Waals surface area (Å²) in [5, 5.41) is 1.03. The Kier molecular flexibility index (Phi) is 3.67. The fourth-order valence-electron chi connectivity index (χ4n) is 2.03. The Hall–Kier alpha value is -1.18. The van der Waals surface area contributed by atoms with E-state index in [9.17, 15) is 0 Å². The Bertz CT molecular complexity index is 605. The van der Waals surface area contributed by atoms with Crippen LogP contribution in [-0.2, 0) is 4.74 Å². The molecule has 0 bridgehead atoms. The van der Waals surface area contributed by atoms with Crippen LogP contribution in [0.25, 0.3) is 11.0 Å². The van der Waals surface area contributed by atoms with Crippen LogP contribution in [0, 0.1) is 0 Å². The molecule has 0 radical (unpaired) electrons. The number of halogens is 1. The first kappa shape index (κ1) is 12.8. The zero-order valence-corrected chi connectivity index (χ0v) is 11.9. The highest BCUT2D eigenvalue weighted by molar-refractivity contribution is 7.98. The number of morpholine rings is 1. The predicted molar refractivity (Wildman–Crippen MR) is 75.0 cm³/mol. The summed E-state index contributed by atoms with van der Waals surface area (Å²) < 4.78 is 5.35. The number of hydrogen-bond donors (Lipinski definition) is 0. The van der Waals surface area contributed by atoms with Crippen molar-refractivity contribution in [3.63, 3.8) is 0 Å². The molecule has 6 nitrogen and oxygen atoms in total. The lowest BCUT2D eigenvalue weighted by molar-refractivity contribution is 0.122. The molecule has 3 rings (SSSR count). The number of rotatable bonds is 2. The molecule has 8 heteroatoms. The van der Waals surface area contributed by atoms with E-state index in [0.717, 1.165) is 29.5 Å². The molecule has 2 aromatic rings. The molecule has 0 unspecified atom stereocenters. The van der Waals surface area contributed by atoms with Gasteiger partial charge in [-0.3, -0.25) is 0 Å². The van der Waals surface area contributed by atoms with Gasteiger partial charge in [0.15, 0.2) is 5.82 Å². The van der Waals surface area contributed by atoms with Gasteiger partial charge in [0.05, 0.1) is 13.2 Å². The number of ether oxygens (including phenoxy) is 1. The molecule has 0 aromatic carbocycles. The minimum absolute atomic E-state index is 0.221. The quantitative estimate of drug-likeness (QED) is 0.474. The molecule has 2 aromatic heterocycles. The normalized spacial score (nSPS) is 16.0. The number of hydrogen-bond acceptors (Lipinski definition) is 7. The van der Waals surface area contributed by atoms with Crippen molar-refractivity contribution in [2.75, 3.05) is 37.5 Å². The zero-order valence-electron chi connectivity index (χ0n) is 10.3. The molecule has 1 aliphatic rings. The van der Waals surface area contributed by atoms with Crippen LogP contribution < -0.4 is 4.90 Å². The first-order chi connectivity index (χ1) is 9.29.